The minimum Gasteiger partial charge on any atom is -0.481 e. The Balaban J connectivity index is 2.57. The van der Waals surface area contributed by atoms with E-state index in [9.17, 15) is 9.59 Å². The van der Waals surface area contributed by atoms with Gasteiger partial charge in [-0.05, 0) is 19.4 Å². The van der Waals surface area contributed by atoms with Gasteiger partial charge in [0.2, 0.25) is 5.91 Å². The molecule has 0 aromatic heterocycles. The monoisotopic (exact) mass is 228 g/mol. The van der Waals surface area contributed by atoms with E-state index in [4.69, 9.17) is 5.11 Å². The Morgan fingerprint density at radius 1 is 1.50 bits per heavy atom. The van der Waals surface area contributed by atoms with Crippen LogP contribution in [0.1, 0.15) is 26.2 Å². The number of carboxylic acids is 1. The molecule has 0 radical (unpaired) electrons. The summed E-state index contributed by atoms with van der Waals surface area (Å²) in [6.45, 7) is 3.87. The number of carbonyl (C=O) groups is 2. The first kappa shape index (κ1) is 13.0. The molecule has 1 heterocycles. The zero-order valence-corrected chi connectivity index (χ0v) is 9.95. The Kier molecular flexibility index (Phi) is 4.29. The molecular formula is C11H20N2O3. The van der Waals surface area contributed by atoms with Crippen LogP contribution in [0, 0.1) is 5.41 Å². The number of rotatable bonds is 5. The average Bonchev–Trinajstić information content (AvgIpc) is 2.74. The Morgan fingerprint density at radius 2 is 2.19 bits per heavy atom. The van der Waals surface area contributed by atoms with Crippen LogP contribution < -0.4 is 5.32 Å². The van der Waals surface area contributed by atoms with Crippen LogP contribution in [0.2, 0.25) is 0 Å². The lowest BCUT2D eigenvalue weighted by atomic mass is 9.83. The van der Waals surface area contributed by atoms with Gasteiger partial charge in [0.25, 0.3) is 0 Å². The van der Waals surface area contributed by atoms with Gasteiger partial charge in [0.1, 0.15) is 0 Å². The summed E-state index contributed by atoms with van der Waals surface area (Å²) in [4.78, 5) is 24.2. The van der Waals surface area contributed by atoms with Crippen molar-refractivity contribution in [2.24, 2.45) is 5.41 Å². The molecule has 1 aliphatic heterocycles. The highest BCUT2D eigenvalue weighted by Crippen LogP contribution is 2.31. The van der Waals surface area contributed by atoms with E-state index in [0.29, 0.717) is 6.54 Å². The number of carboxylic acid groups (broad SMARTS) is 1. The summed E-state index contributed by atoms with van der Waals surface area (Å²) < 4.78 is 0. The van der Waals surface area contributed by atoms with Crippen LogP contribution in [0.3, 0.4) is 0 Å². The lowest BCUT2D eigenvalue weighted by molar-refractivity contribution is -0.142. The fourth-order valence-electron chi connectivity index (χ4n) is 2.15. The molecule has 0 spiro atoms. The molecule has 5 heteroatoms. The van der Waals surface area contributed by atoms with Crippen molar-refractivity contribution < 1.29 is 14.7 Å². The van der Waals surface area contributed by atoms with Gasteiger partial charge in [0.15, 0.2) is 0 Å². The quantitative estimate of drug-likeness (QED) is 0.710. The van der Waals surface area contributed by atoms with Crippen molar-refractivity contribution in [1.29, 1.82) is 0 Å². The highest BCUT2D eigenvalue weighted by Gasteiger charge is 2.40. The van der Waals surface area contributed by atoms with Crippen LogP contribution in [0.15, 0.2) is 0 Å². The molecule has 1 unspecified atom stereocenters. The molecular weight excluding hydrogens is 208 g/mol. The molecule has 0 aromatic carbocycles. The molecule has 0 saturated carbocycles. The van der Waals surface area contributed by atoms with Gasteiger partial charge < -0.3 is 15.3 Å². The molecule has 1 amide bonds. The molecule has 92 valence electrons. The van der Waals surface area contributed by atoms with Crippen molar-refractivity contribution in [3.05, 3.63) is 0 Å². The first-order valence-electron chi connectivity index (χ1n) is 5.70. The molecule has 1 rings (SSSR count). The van der Waals surface area contributed by atoms with E-state index in [0.717, 1.165) is 19.4 Å². The van der Waals surface area contributed by atoms with E-state index in [1.807, 2.05) is 6.92 Å². The van der Waals surface area contributed by atoms with Crippen LogP contribution in [0.4, 0.5) is 0 Å². The van der Waals surface area contributed by atoms with Gasteiger partial charge in [-0.2, -0.15) is 0 Å². The lowest BCUT2D eigenvalue weighted by Crippen LogP contribution is -2.43. The second-order valence-corrected chi connectivity index (χ2v) is 4.43. The Labute approximate surface area is 95.8 Å². The van der Waals surface area contributed by atoms with Crippen LogP contribution in [0.5, 0.6) is 0 Å². The van der Waals surface area contributed by atoms with Crippen LogP contribution >= 0.6 is 0 Å². The minimum atomic E-state index is -0.866. The third-order valence-corrected chi connectivity index (χ3v) is 3.38. The van der Waals surface area contributed by atoms with Crippen LogP contribution in [0.25, 0.3) is 0 Å². The SMILES string of the molecule is CCC1(C(=O)N(C)CCC(=O)O)CCNC1. The smallest absolute Gasteiger partial charge is 0.305 e. The normalized spacial score (nSPS) is 24.4. The average molecular weight is 228 g/mol. The number of carbonyl (C=O) groups excluding carboxylic acids is 1. The molecule has 1 fully saturated rings. The predicted octanol–water partition coefficient (Wildman–Crippen LogP) is 0.309. The Morgan fingerprint density at radius 3 is 2.62 bits per heavy atom. The van der Waals surface area contributed by atoms with Gasteiger partial charge >= 0.3 is 5.97 Å². The number of nitrogens with one attached hydrogen (secondary N) is 1. The standard InChI is InChI=1S/C11H20N2O3/c1-3-11(5-6-12-8-11)10(16)13(2)7-4-9(14)15/h12H,3-8H2,1-2H3,(H,14,15). The van der Waals surface area contributed by atoms with Gasteiger partial charge in [0.05, 0.1) is 11.8 Å². The second kappa shape index (κ2) is 5.30. The van der Waals surface area contributed by atoms with Crippen molar-refractivity contribution in [3.8, 4) is 0 Å². The molecule has 2 N–H and O–H groups in total. The Hall–Kier alpha value is -1.10. The molecule has 0 aliphatic carbocycles. The highest BCUT2D eigenvalue weighted by molar-refractivity contribution is 5.83. The molecule has 1 atom stereocenters. The van der Waals surface area contributed by atoms with Crippen molar-refractivity contribution in [3.63, 3.8) is 0 Å². The first-order chi connectivity index (χ1) is 7.52. The van der Waals surface area contributed by atoms with Crippen LogP contribution in [-0.4, -0.2) is 48.6 Å². The summed E-state index contributed by atoms with van der Waals surface area (Å²) >= 11 is 0. The maximum atomic E-state index is 12.2. The summed E-state index contributed by atoms with van der Waals surface area (Å²) in [5.41, 5.74) is -0.312. The number of hydrogen-bond acceptors (Lipinski definition) is 3. The van der Waals surface area contributed by atoms with E-state index in [2.05, 4.69) is 5.32 Å². The summed E-state index contributed by atoms with van der Waals surface area (Å²) in [6, 6.07) is 0. The van der Waals surface area contributed by atoms with E-state index < -0.39 is 5.97 Å². The van der Waals surface area contributed by atoms with Crippen molar-refractivity contribution >= 4 is 11.9 Å². The van der Waals surface area contributed by atoms with Gasteiger partial charge in [-0.15, -0.1) is 0 Å². The van der Waals surface area contributed by atoms with Gasteiger partial charge in [-0.3, -0.25) is 9.59 Å². The molecule has 1 saturated heterocycles. The van der Waals surface area contributed by atoms with Crippen molar-refractivity contribution in [2.75, 3.05) is 26.7 Å². The van der Waals surface area contributed by atoms with E-state index in [-0.39, 0.29) is 24.3 Å². The zero-order chi connectivity index (χ0) is 12.2. The summed E-state index contributed by atoms with van der Waals surface area (Å²) in [5.74, 6) is -0.795. The molecule has 16 heavy (non-hydrogen) atoms. The van der Waals surface area contributed by atoms with E-state index in [1.54, 1.807) is 11.9 Å². The lowest BCUT2D eigenvalue weighted by Gasteiger charge is -2.30. The topological polar surface area (TPSA) is 69.6 Å². The zero-order valence-electron chi connectivity index (χ0n) is 9.95. The fourth-order valence-corrected chi connectivity index (χ4v) is 2.15. The van der Waals surface area contributed by atoms with Crippen molar-refractivity contribution in [2.45, 2.75) is 26.2 Å². The Bertz CT molecular complexity index is 272. The van der Waals surface area contributed by atoms with Gasteiger partial charge in [-0.1, -0.05) is 6.92 Å². The summed E-state index contributed by atoms with van der Waals surface area (Å²) in [7, 11) is 1.68. The molecule has 5 nitrogen and oxygen atoms in total. The second-order valence-electron chi connectivity index (χ2n) is 4.43. The fraction of sp³-hybridized carbons (Fsp3) is 0.818. The predicted molar refractivity (Wildman–Crippen MR) is 60.1 cm³/mol. The first-order valence-corrected chi connectivity index (χ1v) is 5.70. The highest BCUT2D eigenvalue weighted by atomic mass is 16.4. The summed E-state index contributed by atoms with van der Waals surface area (Å²) in [6.07, 6.45) is 1.66. The number of nitrogens with zero attached hydrogens (tertiary/aromatic N) is 1. The van der Waals surface area contributed by atoms with Gasteiger partial charge in [-0.25, -0.2) is 0 Å². The maximum Gasteiger partial charge on any atom is 0.305 e. The number of aliphatic carboxylic acids is 1. The molecule has 0 bridgehead atoms. The number of hydrogen-bond donors (Lipinski definition) is 2. The maximum absolute atomic E-state index is 12.2. The van der Waals surface area contributed by atoms with E-state index in [1.165, 1.54) is 0 Å². The third kappa shape index (κ3) is 2.72. The largest absolute Gasteiger partial charge is 0.481 e. The van der Waals surface area contributed by atoms with Crippen molar-refractivity contribution in [1.82, 2.24) is 10.2 Å². The van der Waals surface area contributed by atoms with E-state index >= 15 is 0 Å². The van der Waals surface area contributed by atoms with Gasteiger partial charge in [0, 0.05) is 20.1 Å². The van der Waals surface area contributed by atoms with Crippen LogP contribution in [-0.2, 0) is 9.59 Å². The number of amides is 1. The molecule has 0 aromatic rings. The third-order valence-electron chi connectivity index (χ3n) is 3.38. The minimum absolute atomic E-state index is 0.00939. The summed E-state index contributed by atoms with van der Waals surface area (Å²) in [5, 5.41) is 11.8. The molecule has 1 aliphatic rings.